The lowest BCUT2D eigenvalue weighted by molar-refractivity contribution is 0.849. The minimum Gasteiger partial charge on any atom is -0.0662 e. The van der Waals surface area contributed by atoms with Crippen LogP contribution in [0.15, 0.2) is 64.4 Å². The highest BCUT2D eigenvalue weighted by Gasteiger charge is 2.38. The van der Waals surface area contributed by atoms with Gasteiger partial charge in [0, 0.05) is 0 Å². The number of rotatable bonds is 2. The van der Waals surface area contributed by atoms with Gasteiger partial charge in [-0.25, -0.2) is 0 Å². The fraction of sp³-hybridized carbons (Fsp3) is 0.333. The Morgan fingerprint density at radius 3 is 2.09 bits per heavy atom. The van der Waals surface area contributed by atoms with E-state index in [0.717, 1.165) is 0 Å². The van der Waals surface area contributed by atoms with E-state index < -0.39 is 8.07 Å². The van der Waals surface area contributed by atoms with Gasteiger partial charge in [-0.2, -0.15) is 0 Å². The smallest absolute Gasteiger partial charge is 0.0662 e. The SMILES string of the molecule is CC1=C(C)C(C)C([Si](C)(C)c2cccc3ccccc23)=C1C. The van der Waals surface area contributed by atoms with Crippen molar-refractivity contribution in [1.82, 2.24) is 0 Å². The first-order valence-corrected chi connectivity index (χ1v) is 11.2. The molecule has 0 radical (unpaired) electrons. The first-order valence-electron chi connectivity index (χ1n) is 8.23. The monoisotopic (exact) mass is 306 g/mol. The summed E-state index contributed by atoms with van der Waals surface area (Å²) >= 11 is 0. The number of fused-ring (bicyclic) bond motifs is 1. The van der Waals surface area contributed by atoms with E-state index in [9.17, 15) is 0 Å². The normalized spacial score (nSPS) is 19.5. The first kappa shape index (κ1) is 15.3. The van der Waals surface area contributed by atoms with Gasteiger partial charge in [0.1, 0.15) is 8.07 Å². The molecule has 0 bridgehead atoms. The largest absolute Gasteiger partial charge is 0.109 e. The molecule has 2 aromatic carbocycles. The molecule has 114 valence electrons. The Morgan fingerprint density at radius 2 is 1.45 bits per heavy atom. The van der Waals surface area contributed by atoms with E-state index in [-0.39, 0.29) is 0 Å². The lowest BCUT2D eigenvalue weighted by Crippen LogP contribution is -2.46. The molecule has 1 aliphatic carbocycles. The van der Waals surface area contributed by atoms with Crippen LogP contribution >= 0.6 is 0 Å². The summed E-state index contributed by atoms with van der Waals surface area (Å²) < 4.78 is 0. The highest BCUT2D eigenvalue weighted by molar-refractivity contribution is 6.97. The fourth-order valence-corrected chi connectivity index (χ4v) is 8.42. The van der Waals surface area contributed by atoms with Gasteiger partial charge in [0.05, 0.1) is 0 Å². The average Bonchev–Trinajstić information content (AvgIpc) is 2.70. The molecule has 22 heavy (non-hydrogen) atoms. The van der Waals surface area contributed by atoms with Crippen LogP contribution in [-0.4, -0.2) is 8.07 Å². The molecule has 1 atom stereocenters. The summed E-state index contributed by atoms with van der Waals surface area (Å²) in [5.74, 6) is 0.598. The van der Waals surface area contributed by atoms with Crippen molar-refractivity contribution in [2.75, 3.05) is 0 Å². The summed E-state index contributed by atoms with van der Waals surface area (Å²) in [7, 11) is -1.68. The first-order chi connectivity index (χ1) is 10.4. The Hall–Kier alpha value is -1.60. The standard InChI is InChI=1S/C21H26Si/c1-14-15(2)17(4)21(16(14)3)22(5,6)20-13-9-11-18-10-7-8-12-19(18)20/h7-13,16H,1-6H3. The van der Waals surface area contributed by atoms with Crippen LogP contribution in [0.2, 0.25) is 13.1 Å². The molecule has 0 nitrogen and oxygen atoms in total. The second kappa shape index (κ2) is 5.24. The van der Waals surface area contributed by atoms with Crippen molar-refractivity contribution < 1.29 is 0 Å². The molecule has 0 saturated heterocycles. The van der Waals surface area contributed by atoms with Gasteiger partial charge in [-0.3, -0.25) is 0 Å². The molecule has 0 aliphatic heterocycles. The van der Waals surface area contributed by atoms with Crippen molar-refractivity contribution in [3.63, 3.8) is 0 Å². The van der Waals surface area contributed by atoms with Crippen LogP contribution in [0.5, 0.6) is 0 Å². The maximum absolute atomic E-state index is 2.52. The average molecular weight is 307 g/mol. The third-order valence-electron chi connectivity index (χ3n) is 5.78. The van der Waals surface area contributed by atoms with Gasteiger partial charge in [-0.05, 0) is 48.2 Å². The third kappa shape index (κ3) is 2.11. The van der Waals surface area contributed by atoms with Crippen LogP contribution < -0.4 is 5.19 Å². The van der Waals surface area contributed by atoms with E-state index in [0.29, 0.717) is 5.92 Å². The molecule has 1 heteroatoms. The number of benzene rings is 2. The lowest BCUT2D eigenvalue weighted by Gasteiger charge is -2.31. The van der Waals surface area contributed by atoms with Crippen LogP contribution in [0.1, 0.15) is 27.7 Å². The van der Waals surface area contributed by atoms with Crippen molar-refractivity contribution in [3.8, 4) is 0 Å². The Balaban J connectivity index is 2.23. The van der Waals surface area contributed by atoms with E-state index >= 15 is 0 Å². The molecule has 0 aromatic heterocycles. The van der Waals surface area contributed by atoms with Crippen molar-refractivity contribution in [2.24, 2.45) is 5.92 Å². The minimum atomic E-state index is -1.68. The van der Waals surface area contributed by atoms with Crippen molar-refractivity contribution in [3.05, 3.63) is 64.4 Å². The summed E-state index contributed by atoms with van der Waals surface area (Å²) in [6, 6.07) is 15.7. The summed E-state index contributed by atoms with van der Waals surface area (Å²) in [6.07, 6.45) is 0. The molecular weight excluding hydrogens is 280 g/mol. The molecule has 1 unspecified atom stereocenters. The Bertz CT molecular complexity index is 800. The molecule has 1 aliphatic rings. The van der Waals surface area contributed by atoms with Gasteiger partial charge in [0.15, 0.2) is 0 Å². The van der Waals surface area contributed by atoms with Crippen LogP contribution in [0.3, 0.4) is 0 Å². The molecule has 2 aromatic rings. The molecule has 0 spiro atoms. The van der Waals surface area contributed by atoms with Crippen molar-refractivity contribution in [1.29, 1.82) is 0 Å². The zero-order valence-corrected chi connectivity index (χ0v) is 15.6. The summed E-state index contributed by atoms with van der Waals surface area (Å²) in [4.78, 5) is 0. The highest BCUT2D eigenvalue weighted by atomic mass is 28.3. The zero-order valence-electron chi connectivity index (χ0n) is 14.6. The van der Waals surface area contributed by atoms with Gasteiger partial charge < -0.3 is 0 Å². The second-order valence-electron chi connectivity index (χ2n) is 7.22. The summed E-state index contributed by atoms with van der Waals surface area (Å²) in [5, 5.41) is 6.11. The van der Waals surface area contributed by atoms with Gasteiger partial charge in [0.25, 0.3) is 0 Å². The fourth-order valence-electron chi connectivity index (χ4n) is 4.29. The summed E-state index contributed by atoms with van der Waals surface area (Å²) in [5.41, 5.74) is 4.63. The summed E-state index contributed by atoms with van der Waals surface area (Å²) in [6.45, 7) is 14.4. The van der Waals surface area contributed by atoms with Crippen LogP contribution in [0.4, 0.5) is 0 Å². The van der Waals surface area contributed by atoms with Gasteiger partial charge >= 0.3 is 0 Å². The van der Waals surface area contributed by atoms with Crippen LogP contribution in [-0.2, 0) is 0 Å². The molecule has 0 fully saturated rings. The zero-order chi connectivity index (χ0) is 16.1. The molecule has 0 heterocycles. The molecule has 0 N–H and O–H groups in total. The highest BCUT2D eigenvalue weighted by Crippen LogP contribution is 2.41. The topological polar surface area (TPSA) is 0 Å². The second-order valence-corrected chi connectivity index (χ2v) is 11.5. The maximum atomic E-state index is 2.52. The predicted octanol–water partition coefficient (Wildman–Crippen LogP) is 5.60. The van der Waals surface area contributed by atoms with E-state index in [2.05, 4.69) is 83.3 Å². The lowest BCUT2D eigenvalue weighted by atomic mass is 10.1. The number of allylic oxidation sites excluding steroid dienone is 4. The quantitative estimate of drug-likeness (QED) is 0.634. The van der Waals surface area contributed by atoms with Crippen LogP contribution in [0, 0.1) is 5.92 Å². The van der Waals surface area contributed by atoms with Gasteiger partial charge in [0.2, 0.25) is 0 Å². The Morgan fingerprint density at radius 1 is 0.818 bits per heavy atom. The third-order valence-corrected chi connectivity index (χ3v) is 9.71. The minimum absolute atomic E-state index is 0.598. The van der Waals surface area contributed by atoms with E-state index in [1.165, 1.54) is 16.3 Å². The molecule has 0 saturated carbocycles. The molecular formula is C21H26Si. The Kier molecular flexibility index (Phi) is 3.64. The van der Waals surface area contributed by atoms with E-state index in [4.69, 9.17) is 0 Å². The van der Waals surface area contributed by atoms with E-state index in [1.54, 1.807) is 21.5 Å². The van der Waals surface area contributed by atoms with Gasteiger partial charge in [-0.1, -0.05) is 78.8 Å². The van der Waals surface area contributed by atoms with Crippen LogP contribution in [0.25, 0.3) is 10.8 Å². The Labute approximate surface area is 135 Å². The molecule has 0 amide bonds. The van der Waals surface area contributed by atoms with Crippen molar-refractivity contribution >= 4 is 24.0 Å². The maximum Gasteiger partial charge on any atom is 0.109 e. The van der Waals surface area contributed by atoms with Gasteiger partial charge in [-0.15, -0.1) is 0 Å². The van der Waals surface area contributed by atoms with Crippen molar-refractivity contribution in [2.45, 2.75) is 40.8 Å². The number of hydrogen-bond donors (Lipinski definition) is 0. The predicted molar refractivity (Wildman–Crippen MR) is 101 cm³/mol. The molecule has 3 rings (SSSR count). The van der Waals surface area contributed by atoms with E-state index in [1.807, 2.05) is 0 Å². The number of hydrogen-bond acceptors (Lipinski definition) is 0.